The average molecular weight is 260 g/mol. The first-order chi connectivity index (χ1) is 9.33. The van der Waals surface area contributed by atoms with Crippen LogP contribution >= 0.6 is 0 Å². The Morgan fingerprint density at radius 2 is 2.58 bits per heavy atom. The van der Waals surface area contributed by atoms with Crippen LogP contribution in [0.1, 0.15) is 6.42 Å². The molecule has 0 radical (unpaired) electrons. The van der Waals surface area contributed by atoms with E-state index in [2.05, 4.69) is 26.8 Å². The minimum absolute atomic E-state index is 0.164. The minimum atomic E-state index is 0.164. The Labute approximate surface area is 114 Å². The second-order valence-electron chi connectivity index (χ2n) is 4.36. The van der Waals surface area contributed by atoms with Crippen LogP contribution in [-0.2, 0) is 0 Å². The van der Waals surface area contributed by atoms with Crippen LogP contribution < -0.4 is 10.1 Å². The quantitative estimate of drug-likeness (QED) is 0.503. The van der Waals surface area contributed by atoms with Gasteiger partial charge in [0.1, 0.15) is 6.10 Å². The fraction of sp³-hybridized carbons (Fsp3) is 0.429. The van der Waals surface area contributed by atoms with E-state index >= 15 is 0 Å². The summed E-state index contributed by atoms with van der Waals surface area (Å²) in [6, 6.07) is 5.70. The molecular weight excluding hydrogens is 240 g/mol. The van der Waals surface area contributed by atoms with Gasteiger partial charge in [-0.05, 0) is 6.07 Å². The second kappa shape index (κ2) is 6.78. The number of pyridine rings is 1. The summed E-state index contributed by atoms with van der Waals surface area (Å²) in [5.41, 5.74) is 0. The largest absolute Gasteiger partial charge is 0.472 e. The van der Waals surface area contributed by atoms with Gasteiger partial charge in [-0.3, -0.25) is 4.99 Å². The van der Waals surface area contributed by atoms with Gasteiger partial charge in [0.2, 0.25) is 5.88 Å². The molecule has 1 atom stereocenters. The van der Waals surface area contributed by atoms with Crippen molar-refractivity contribution < 1.29 is 4.74 Å². The molecule has 1 N–H and O–H groups in total. The van der Waals surface area contributed by atoms with Crippen LogP contribution in [0.2, 0.25) is 0 Å². The summed E-state index contributed by atoms with van der Waals surface area (Å²) in [5, 5.41) is 3.23. The maximum absolute atomic E-state index is 5.85. The molecule has 2 heterocycles. The van der Waals surface area contributed by atoms with Crippen molar-refractivity contribution in [3.05, 3.63) is 37.1 Å². The summed E-state index contributed by atoms with van der Waals surface area (Å²) < 4.78 is 5.85. The van der Waals surface area contributed by atoms with Crippen molar-refractivity contribution in [3.63, 3.8) is 0 Å². The fourth-order valence-electron chi connectivity index (χ4n) is 2.10. The normalized spacial score (nSPS) is 19.3. The number of guanidine groups is 1. The number of nitrogens with one attached hydrogen (secondary N) is 1. The van der Waals surface area contributed by atoms with Crippen molar-refractivity contribution in [1.29, 1.82) is 0 Å². The SMILES string of the molecule is C=CCNC(=NC)N1CCC(Oc2ccccn2)C1. The number of nitrogens with zero attached hydrogens (tertiary/aromatic N) is 3. The highest BCUT2D eigenvalue weighted by atomic mass is 16.5. The van der Waals surface area contributed by atoms with Gasteiger partial charge in [0.25, 0.3) is 0 Å². The van der Waals surface area contributed by atoms with Gasteiger partial charge >= 0.3 is 0 Å². The van der Waals surface area contributed by atoms with Crippen molar-refractivity contribution in [2.45, 2.75) is 12.5 Å². The van der Waals surface area contributed by atoms with E-state index in [4.69, 9.17) is 4.74 Å². The lowest BCUT2D eigenvalue weighted by Gasteiger charge is -2.21. The third-order valence-electron chi connectivity index (χ3n) is 2.99. The zero-order valence-corrected chi connectivity index (χ0v) is 11.2. The van der Waals surface area contributed by atoms with E-state index in [0.29, 0.717) is 5.88 Å². The molecule has 1 aromatic rings. The van der Waals surface area contributed by atoms with Crippen LogP contribution in [-0.4, -0.2) is 48.6 Å². The van der Waals surface area contributed by atoms with Gasteiger partial charge in [-0.1, -0.05) is 12.1 Å². The van der Waals surface area contributed by atoms with Crippen molar-refractivity contribution in [2.75, 3.05) is 26.7 Å². The molecule has 0 spiro atoms. The number of likely N-dealkylation sites (tertiary alicyclic amines) is 1. The molecule has 1 fully saturated rings. The minimum Gasteiger partial charge on any atom is -0.472 e. The van der Waals surface area contributed by atoms with E-state index in [0.717, 1.165) is 32.0 Å². The van der Waals surface area contributed by atoms with E-state index in [1.807, 2.05) is 24.3 Å². The molecule has 5 nitrogen and oxygen atoms in total. The van der Waals surface area contributed by atoms with Gasteiger partial charge in [-0.25, -0.2) is 4.98 Å². The van der Waals surface area contributed by atoms with E-state index < -0.39 is 0 Å². The summed E-state index contributed by atoms with van der Waals surface area (Å²) >= 11 is 0. The number of ether oxygens (including phenoxy) is 1. The topological polar surface area (TPSA) is 49.8 Å². The Balaban J connectivity index is 1.87. The van der Waals surface area contributed by atoms with Crippen LogP contribution in [0.4, 0.5) is 0 Å². The number of rotatable bonds is 4. The zero-order valence-electron chi connectivity index (χ0n) is 11.2. The van der Waals surface area contributed by atoms with Gasteiger partial charge in [0.05, 0.1) is 6.54 Å². The standard InChI is InChI=1S/C14H20N4O/c1-3-8-17-14(15-2)18-10-7-12(11-18)19-13-6-4-5-9-16-13/h3-6,9,12H,1,7-8,10-11H2,2H3,(H,15,17). The van der Waals surface area contributed by atoms with E-state index in [1.165, 1.54) is 0 Å². The Morgan fingerprint density at radius 3 is 3.26 bits per heavy atom. The van der Waals surface area contributed by atoms with Crippen LogP contribution in [0.15, 0.2) is 42.0 Å². The Hall–Kier alpha value is -2.04. The zero-order chi connectivity index (χ0) is 13.5. The first kappa shape index (κ1) is 13.4. The predicted octanol–water partition coefficient (Wildman–Crippen LogP) is 1.30. The lowest BCUT2D eigenvalue weighted by molar-refractivity contribution is 0.205. The third-order valence-corrected chi connectivity index (χ3v) is 2.99. The molecule has 0 saturated carbocycles. The van der Waals surface area contributed by atoms with Gasteiger partial charge in [-0.2, -0.15) is 0 Å². The highest BCUT2D eigenvalue weighted by Crippen LogP contribution is 2.16. The first-order valence-electron chi connectivity index (χ1n) is 6.47. The number of aliphatic imine (C=N–C) groups is 1. The molecule has 0 aliphatic carbocycles. The molecule has 1 aliphatic heterocycles. The van der Waals surface area contributed by atoms with E-state index in [-0.39, 0.29) is 6.10 Å². The Morgan fingerprint density at radius 1 is 1.68 bits per heavy atom. The molecule has 2 rings (SSSR count). The van der Waals surface area contributed by atoms with E-state index in [1.54, 1.807) is 13.2 Å². The highest BCUT2D eigenvalue weighted by molar-refractivity contribution is 5.80. The highest BCUT2D eigenvalue weighted by Gasteiger charge is 2.26. The molecule has 1 aromatic heterocycles. The van der Waals surface area contributed by atoms with Crippen LogP contribution in [0.5, 0.6) is 5.88 Å². The lowest BCUT2D eigenvalue weighted by Crippen LogP contribution is -2.40. The van der Waals surface area contributed by atoms with Crippen LogP contribution in [0, 0.1) is 0 Å². The molecule has 1 unspecified atom stereocenters. The number of aromatic nitrogens is 1. The van der Waals surface area contributed by atoms with Crippen molar-refractivity contribution >= 4 is 5.96 Å². The molecule has 0 bridgehead atoms. The van der Waals surface area contributed by atoms with Crippen molar-refractivity contribution in [3.8, 4) is 5.88 Å². The summed E-state index contributed by atoms with van der Waals surface area (Å²) in [6.07, 6.45) is 4.71. The molecule has 0 aromatic carbocycles. The smallest absolute Gasteiger partial charge is 0.213 e. The summed E-state index contributed by atoms with van der Waals surface area (Å²) in [6.45, 7) is 6.18. The fourth-order valence-corrected chi connectivity index (χ4v) is 2.10. The third kappa shape index (κ3) is 3.71. The summed E-state index contributed by atoms with van der Waals surface area (Å²) in [7, 11) is 1.79. The van der Waals surface area contributed by atoms with Gasteiger partial charge in [0, 0.05) is 38.8 Å². The van der Waals surface area contributed by atoms with Crippen LogP contribution in [0.25, 0.3) is 0 Å². The van der Waals surface area contributed by atoms with Crippen LogP contribution in [0.3, 0.4) is 0 Å². The van der Waals surface area contributed by atoms with Gasteiger partial charge in [0.15, 0.2) is 5.96 Å². The maximum atomic E-state index is 5.85. The number of hydrogen-bond acceptors (Lipinski definition) is 3. The van der Waals surface area contributed by atoms with Crippen molar-refractivity contribution in [1.82, 2.24) is 15.2 Å². The molecule has 1 saturated heterocycles. The maximum Gasteiger partial charge on any atom is 0.213 e. The molecule has 19 heavy (non-hydrogen) atoms. The van der Waals surface area contributed by atoms with Crippen molar-refractivity contribution in [2.24, 2.45) is 4.99 Å². The summed E-state index contributed by atoms with van der Waals surface area (Å²) in [5.74, 6) is 1.58. The average Bonchev–Trinajstić information content (AvgIpc) is 2.89. The Bertz CT molecular complexity index is 432. The molecule has 1 aliphatic rings. The molecular formula is C14H20N4O. The Kier molecular flexibility index (Phi) is 4.78. The van der Waals surface area contributed by atoms with Gasteiger partial charge < -0.3 is 15.0 Å². The molecule has 102 valence electrons. The first-order valence-corrected chi connectivity index (χ1v) is 6.47. The predicted molar refractivity (Wildman–Crippen MR) is 76.4 cm³/mol. The number of hydrogen-bond donors (Lipinski definition) is 1. The summed E-state index contributed by atoms with van der Waals surface area (Å²) in [4.78, 5) is 10.6. The monoisotopic (exact) mass is 260 g/mol. The lowest BCUT2D eigenvalue weighted by atomic mass is 10.3. The second-order valence-corrected chi connectivity index (χ2v) is 4.36. The molecule has 5 heteroatoms. The van der Waals surface area contributed by atoms with E-state index in [9.17, 15) is 0 Å². The van der Waals surface area contributed by atoms with Gasteiger partial charge in [-0.15, -0.1) is 6.58 Å². The molecule has 0 amide bonds.